The van der Waals surface area contributed by atoms with Crippen molar-refractivity contribution in [3.05, 3.63) is 28.7 Å². The van der Waals surface area contributed by atoms with Crippen LogP contribution in [0.4, 0.5) is 5.69 Å². The van der Waals surface area contributed by atoms with Crippen molar-refractivity contribution in [1.82, 2.24) is 4.90 Å². The van der Waals surface area contributed by atoms with E-state index in [9.17, 15) is 4.79 Å². The van der Waals surface area contributed by atoms with E-state index in [4.69, 9.17) is 9.84 Å². The van der Waals surface area contributed by atoms with Gasteiger partial charge in [0.15, 0.2) is 0 Å². The van der Waals surface area contributed by atoms with Crippen LogP contribution in [0.1, 0.15) is 0 Å². The minimum Gasteiger partial charge on any atom is -0.394 e. The summed E-state index contributed by atoms with van der Waals surface area (Å²) in [6.07, 6.45) is -0.190. The summed E-state index contributed by atoms with van der Waals surface area (Å²) in [7, 11) is 0. The number of nitrogens with zero attached hydrogens (tertiary/aromatic N) is 1. The van der Waals surface area contributed by atoms with E-state index in [1.807, 2.05) is 29.2 Å². The third-order valence-electron chi connectivity index (χ3n) is 2.94. The fourth-order valence-electron chi connectivity index (χ4n) is 1.99. The van der Waals surface area contributed by atoms with Crippen LogP contribution in [0, 0.1) is 0 Å². The summed E-state index contributed by atoms with van der Waals surface area (Å²) in [5.41, 5.74) is 0.763. The van der Waals surface area contributed by atoms with Crippen LogP contribution >= 0.6 is 15.9 Å². The molecule has 2 rings (SSSR count). The second-order valence-electron chi connectivity index (χ2n) is 4.44. The van der Waals surface area contributed by atoms with Gasteiger partial charge in [0.25, 0.3) is 0 Å². The molecule has 0 aromatic heterocycles. The molecule has 1 aromatic rings. The minimum atomic E-state index is -0.190. The highest BCUT2D eigenvalue weighted by Crippen LogP contribution is 2.21. The maximum Gasteiger partial charge on any atom is 0.238 e. The van der Waals surface area contributed by atoms with Gasteiger partial charge in [-0.2, -0.15) is 0 Å². The van der Waals surface area contributed by atoms with E-state index < -0.39 is 0 Å². The van der Waals surface area contributed by atoms with Crippen molar-refractivity contribution in [2.45, 2.75) is 6.10 Å². The third kappa shape index (κ3) is 4.28. The number of ether oxygens (including phenoxy) is 1. The van der Waals surface area contributed by atoms with Crippen molar-refractivity contribution in [3.63, 3.8) is 0 Å². The Morgan fingerprint density at radius 1 is 1.53 bits per heavy atom. The van der Waals surface area contributed by atoms with Crippen molar-refractivity contribution >= 4 is 27.5 Å². The van der Waals surface area contributed by atoms with Crippen molar-refractivity contribution in [3.8, 4) is 0 Å². The monoisotopic (exact) mass is 328 g/mol. The number of halogens is 1. The van der Waals surface area contributed by atoms with Crippen LogP contribution in [0.15, 0.2) is 28.7 Å². The predicted molar refractivity (Wildman–Crippen MR) is 76.0 cm³/mol. The molecule has 0 radical (unpaired) electrons. The first kappa shape index (κ1) is 14.5. The molecule has 1 heterocycles. The standard InChI is InChI=1S/C13H17BrN2O3/c14-11-3-1-2-4-12(11)15-13(18)8-16-5-6-19-10(7-16)9-17/h1-4,10,17H,5-9H2,(H,15,18). The van der Waals surface area contributed by atoms with E-state index in [1.54, 1.807) is 0 Å². The number of morpholine rings is 1. The summed E-state index contributed by atoms with van der Waals surface area (Å²) in [6, 6.07) is 7.49. The Balaban J connectivity index is 1.86. The van der Waals surface area contributed by atoms with E-state index in [2.05, 4.69) is 21.2 Å². The molecule has 0 bridgehead atoms. The molecule has 1 aliphatic heterocycles. The molecule has 5 nitrogen and oxygen atoms in total. The average Bonchev–Trinajstić information content (AvgIpc) is 2.41. The zero-order chi connectivity index (χ0) is 13.7. The maximum atomic E-state index is 12.0. The zero-order valence-electron chi connectivity index (χ0n) is 10.5. The third-order valence-corrected chi connectivity index (χ3v) is 3.63. The highest BCUT2D eigenvalue weighted by molar-refractivity contribution is 9.10. The lowest BCUT2D eigenvalue weighted by Crippen LogP contribution is -2.46. The summed E-state index contributed by atoms with van der Waals surface area (Å²) >= 11 is 3.39. The quantitative estimate of drug-likeness (QED) is 0.868. The SMILES string of the molecule is O=C(CN1CCOC(CO)C1)Nc1ccccc1Br. The van der Waals surface area contributed by atoms with Gasteiger partial charge in [-0.05, 0) is 28.1 Å². The molecular formula is C13H17BrN2O3. The number of para-hydroxylation sites is 1. The van der Waals surface area contributed by atoms with E-state index >= 15 is 0 Å². The maximum absolute atomic E-state index is 12.0. The fourth-order valence-corrected chi connectivity index (χ4v) is 2.37. The number of benzene rings is 1. The molecule has 6 heteroatoms. The number of hydrogen-bond donors (Lipinski definition) is 2. The van der Waals surface area contributed by atoms with Gasteiger partial charge >= 0.3 is 0 Å². The van der Waals surface area contributed by atoms with Gasteiger partial charge in [0, 0.05) is 17.6 Å². The molecule has 1 amide bonds. The van der Waals surface area contributed by atoms with E-state index in [1.165, 1.54) is 0 Å². The van der Waals surface area contributed by atoms with E-state index in [-0.39, 0.29) is 18.6 Å². The van der Waals surface area contributed by atoms with Gasteiger partial charge in [-0.25, -0.2) is 0 Å². The molecule has 1 fully saturated rings. The van der Waals surface area contributed by atoms with E-state index in [0.717, 1.165) is 10.2 Å². The summed E-state index contributed by atoms with van der Waals surface area (Å²) in [5, 5.41) is 11.9. The smallest absolute Gasteiger partial charge is 0.238 e. The largest absolute Gasteiger partial charge is 0.394 e. The lowest BCUT2D eigenvalue weighted by Gasteiger charge is -2.31. The van der Waals surface area contributed by atoms with E-state index in [0.29, 0.717) is 26.2 Å². The lowest BCUT2D eigenvalue weighted by molar-refractivity contribution is -0.120. The Kier molecular flexibility index (Phi) is 5.33. The Labute approximate surface area is 120 Å². The second kappa shape index (κ2) is 7.00. The average molecular weight is 329 g/mol. The highest BCUT2D eigenvalue weighted by Gasteiger charge is 2.21. The van der Waals surface area contributed by atoms with Crippen molar-refractivity contribution in [1.29, 1.82) is 0 Å². The Hall–Kier alpha value is -0.950. The normalized spacial score (nSPS) is 20.2. The molecule has 19 heavy (non-hydrogen) atoms. The van der Waals surface area contributed by atoms with Gasteiger partial charge in [0.2, 0.25) is 5.91 Å². The topological polar surface area (TPSA) is 61.8 Å². The van der Waals surface area contributed by atoms with Gasteiger partial charge in [0.05, 0.1) is 31.5 Å². The Morgan fingerprint density at radius 3 is 3.05 bits per heavy atom. The molecule has 2 N–H and O–H groups in total. The first-order valence-electron chi connectivity index (χ1n) is 6.18. The van der Waals surface area contributed by atoms with Crippen LogP contribution in [0.2, 0.25) is 0 Å². The van der Waals surface area contributed by atoms with Crippen LogP contribution < -0.4 is 5.32 Å². The number of nitrogens with one attached hydrogen (secondary N) is 1. The molecule has 1 aliphatic rings. The molecule has 1 saturated heterocycles. The van der Waals surface area contributed by atoms with Crippen LogP contribution in [0.3, 0.4) is 0 Å². The summed E-state index contributed by atoms with van der Waals surface area (Å²) in [6.45, 7) is 2.14. The number of carbonyl (C=O) groups is 1. The number of anilines is 1. The van der Waals surface area contributed by atoms with Gasteiger partial charge < -0.3 is 15.2 Å². The first-order chi connectivity index (χ1) is 9.19. The fraction of sp³-hybridized carbons (Fsp3) is 0.462. The first-order valence-corrected chi connectivity index (χ1v) is 6.97. The van der Waals surface area contributed by atoms with Gasteiger partial charge in [-0.3, -0.25) is 9.69 Å². The number of aliphatic hydroxyl groups is 1. The predicted octanol–water partition coefficient (Wildman–Crippen LogP) is 1.08. The molecule has 104 valence electrons. The van der Waals surface area contributed by atoms with Crippen molar-refractivity contribution < 1.29 is 14.6 Å². The number of amides is 1. The minimum absolute atomic E-state index is 0.0116. The van der Waals surface area contributed by atoms with Crippen LogP contribution in [0.25, 0.3) is 0 Å². The summed E-state index contributed by atoms with van der Waals surface area (Å²) in [4.78, 5) is 13.9. The number of rotatable bonds is 4. The van der Waals surface area contributed by atoms with Gasteiger partial charge in [-0.15, -0.1) is 0 Å². The van der Waals surface area contributed by atoms with Crippen LogP contribution in [0.5, 0.6) is 0 Å². The number of hydrogen-bond acceptors (Lipinski definition) is 4. The molecule has 1 aromatic carbocycles. The van der Waals surface area contributed by atoms with Crippen molar-refractivity contribution in [2.75, 3.05) is 38.2 Å². The van der Waals surface area contributed by atoms with Crippen LogP contribution in [-0.2, 0) is 9.53 Å². The highest BCUT2D eigenvalue weighted by atomic mass is 79.9. The molecular weight excluding hydrogens is 312 g/mol. The molecule has 1 atom stereocenters. The number of aliphatic hydroxyl groups excluding tert-OH is 1. The van der Waals surface area contributed by atoms with Crippen LogP contribution in [-0.4, -0.2) is 54.9 Å². The van der Waals surface area contributed by atoms with Gasteiger partial charge in [-0.1, -0.05) is 12.1 Å². The zero-order valence-corrected chi connectivity index (χ0v) is 12.1. The number of carbonyl (C=O) groups excluding carboxylic acids is 1. The second-order valence-corrected chi connectivity index (χ2v) is 5.29. The van der Waals surface area contributed by atoms with Gasteiger partial charge in [0.1, 0.15) is 0 Å². The Morgan fingerprint density at radius 2 is 2.32 bits per heavy atom. The summed E-state index contributed by atoms with van der Waals surface area (Å²) < 4.78 is 6.21. The lowest BCUT2D eigenvalue weighted by atomic mass is 10.2. The molecule has 0 aliphatic carbocycles. The molecule has 0 saturated carbocycles. The molecule has 1 unspecified atom stereocenters. The van der Waals surface area contributed by atoms with Crippen molar-refractivity contribution in [2.24, 2.45) is 0 Å². The molecule has 0 spiro atoms. The summed E-state index contributed by atoms with van der Waals surface area (Å²) in [5.74, 6) is -0.0644. The Bertz CT molecular complexity index is 442.